The molecule has 4 rings (SSSR count). The highest BCUT2D eigenvalue weighted by Crippen LogP contribution is 2.24. The molecule has 1 saturated heterocycles. The number of nitrogens with one attached hydrogen (secondary N) is 1. The van der Waals surface area contributed by atoms with Crippen molar-refractivity contribution in [3.63, 3.8) is 0 Å². The lowest BCUT2D eigenvalue weighted by Crippen LogP contribution is -2.41. The molecule has 4 heterocycles. The topological polar surface area (TPSA) is 71.6 Å². The van der Waals surface area contributed by atoms with Crippen LogP contribution in [0.15, 0.2) is 22.3 Å². The van der Waals surface area contributed by atoms with Crippen molar-refractivity contribution in [2.45, 2.75) is 58.5 Å². The van der Waals surface area contributed by atoms with Crippen LogP contribution >= 0.6 is 11.3 Å². The monoisotopic (exact) mass is 415 g/mol. The minimum absolute atomic E-state index is 0.0453. The number of rotatable bonds is 7. The number of carbonyl (C=O) groups excluding carboxylic acids is 1. The number of likely N-dealkylation sites (tertiary alicyclic amines) is 1. The first kappa shape index (κ1) is 20.1. The number of hydrogen-bond acceptors (Lipinski definition) is 5. The smallest absolute Gasteiger partial charge is 0.291 e. The fraction of sp³-hybridized carbons (Fsp3) is 0.571. The van der Waals surface area contributed by atoms with E-state index in [2.05, 4.69) is 22.2 Å². The van der Waals surface area contributed by atoms with Gasteiger partial charge >= 0.3 is 0 Å². The molecule has 7 nitrogen and oxygen atoms in total. The third-order valence-corrected chi connectivity index (χ3v) is 6.78. The molecule has 0 bridgehead atoms. The number of nitrogens with zero attached hydrogens (tertiary/aromatic N) is 4. The van der Waals surface area contributed by atoms with Gasteiger partial charge in [0, 0.05) is 19.1 Å². The van der Waals surface area contributed by atoms with Gasteiger partial charge in [0.1, 0.15) is 17.9 Å². The van der Waals surface area contributed by atoms with E-state index in [0.717, 1.165) is 23.2 Å². The van der Waals surface area contributed by atoms with Crippen molar-refractivity contribution in [2.75, 3.05) is 19.6 Å². The minimum Gasteiger partial charge on any atom is -0.354 e. The highest BCUT2D eigenvalue weighted by molar-refractivity contribution is 7.17. The van der Waals surface area contributed by atoms with Gasteiger partial charge in [0.05, 0.1) is 10.2 Å². The lowest BCUT2D eigenvalue weighted by atomic mass is 10.00. The van der Waals surface area contributed by atoms with Crippen molar-refractivity contribution >= 4 is 33.0 Å². The minimum atomic E-state index is -0.228. The molecule has 0 aliphatic carbocycles. The number of amides is 1. The SMILES string of the molecule is CCC1CCCCN1CCCNC(=O)Cn1nc(C)n2c(cc3sccc32)c1=O. The van der Waals surface area contributed by atoms with Crippen LogP contribution in [-0.4, -0.2) is 50.7 Å². The molecule has 8 heteroatoms. The van der Waals surface area contributed by atoms with E-state index >= 15 is 0 Å². The van der Waals surface area contributed by atoms with E-state index in [4.69, 9.17) is 0 Å². The molecular formula is C21H29N5O2S. The summed E-state index contributed by atoms with van der Waals surface area (Å²) in [5.74, 6) is 0.541. The molecule has 3 aromatic heterocycles. The molecule has 156 valence electrons. The van der Waals surface area contributed by atoms with Crippen molar-refractivity contribution in [3.8, 4) is 0 Å². The lowest BCUT2D eigenvalue weighted by Gasteiger charge is -2.35. The summed E-state index contributed by atoms with van der Waals surface area (Å²) in [6, 6.07) is 4.56. The van der Waals surface area contributed by atoms with Crippen molar-refractivity contribution in [1.82, 2.24) is 24.4 Å². The molecule has 1 atom stereocenters. The molecule has 1 aliphatic rings. The van der Waals surface area contributed by atoms with Gasteiger partial charge in [-0.05, 0) is 56.7 Å². The number of aryl methyl sites for hydroxylation is 1. The maximum absolute atomic E-state index is 12.8. The zero-order chi connectivity index (χ0) is 20.4. The van der Waals surface area contributed by atoms with Crippen LogP contribution in [0.1, 0.15) is 44.9 Å². The second kappa shape index (κ2) is 8.67. The summed E-state index contributed by atoms with van der Waals surface area (Å²) in [6.07, 6.45) is 6.02. The fourth-order valence-electron chi connectivity index (χ4n) is 4.45. The molecule has 1 N–H and O–H groups in total. The Bertz CT molecular complexity index is 1070. The Labute approximate surface area is 174 Å². The quantitative estimate of drug-likeness (QED) is 0.603. The predicted molar refractivity (Wildman–Crippen MR) is 117 cm³/mol. The molecule has 1 amide bonds. The van der Waals surface area contributed by atoms with Crippen LogP contribution in [0.5, 0.6) is 0 Å². The molecule has 0 radical (unpaired) electrons. The van der Waals surface area contributed by atoms with Gasteiger partial charge in [-0.2, -0.15) is 5.10 Å². The van der Waals surface area contributed by atoms with Crippen molar-refractivity contribution in [2.24, 2.45) is 0 Å². The summed E-state index contributed by atoms with van der Waals surface area (Å²) in [5.41, 5.74) is 1.34. The Morgan fingerprint density at radius 1 is 1.34 bits per heavy atom. The van der Waals surface area contributed by atoms with Crippen LogP contribution in [0, 0.1) is 6.92 Å². The summed E-state index contributed by atoms with van der Waals surface area (Å²) in [6.45, 7) is 6.88. The molecule has 0 saturated carbocycles. The summed E-state index contributed by atoms with van der Waals surface area (Å²) in [7, 11) is 0. The normalized spacial score (nSPS) is 17.9. The fourth-order valence-corrected chi connectivity index (χ4v) is 5.26. The highest BCUT2D eigenvalue weighted by Gasteiger charge is 2.20. The second-order valence-corrected chi connectivity index (χ2v) is 8.79. The van der Waals surface area contributed by atoms with Gasteiger partial charge in [0.2, 0.25) is 5.91 Å². The Morgan fingerprint density at radius 3 is 3.03 bits per heavy atom. The van der Waals surface area contributed by atoms with Crippen molar-refractivity contribution in [3.05, 3.63) is 33.7 Å². The Morgan fingerprint density at radius 2 is 2.21 bits per heavy atom. The Balaban J connectivity index is 1.35. The number of hydrogen-bond donors (Lipinski definition) is 1. The van der Waals surface area contributed by atoms with Crippen molar-refractivity contribution < 1.29 is 4.79 Å². The summed E-state index contributed by atoms with van der Waals surface area (Å²) in [4.78, 5) is 27.7. The van der Waals surface area contributed by atoms with Gasteiger partial charge in [-0.25, -0.2) is 4.68 Å². The van der Waals surface area contributed by atoms with Gasteiger partial charge in [-0.3, -0.25) is 14.0 Å². The molecule has 1 aliphatic heterocycles. The van der Waals surface area contributed by atoms with Crippen LogP contribution in [0.3, 0.4) is 0 Å². The number of piperidine rings is 1. The Kier molecular flexibility index (Phi) is 6.01. The van der Waals surface area contributed by atoms with E-state index in [1.165, 1.54) is 36.9 Å². The first-order valence-corrected chi connectivity index (χ1v) is 11.4. The van der Waals surface area contributed by atoms with Crippen LogP contribution in [0.2, 0.25) is 0 Å². The van der Waals surface area contributed by atoms with E-state index in [-0.39, 0.29) is 18.0 Å². The summed E-state index contributed by atoms with van der Waals surface area (Å²) in [5, 5.41) is 9.32. The zero-order valence-corrected chi connectivity index (χ0v) is 18.0. The first-order chi connectivity index (χ1) is 14.1. The van der Waals surface area contributed by atoms with Gasteiger partial charge in [0.25, 0.3) is 5.56 Å². The van der Waals surface area contributed by atoms with E-state index < -0.39 is 0 Å². The summed E-state index contributed by atoms with van der Waals surface area (Å²) >= 11 is 1.60. The number of fused-ring (bicyclic) bond motifs is 3. The first-order valence-electron chi connectivity index (χ1n) is 10.6. The third-order valence-electron chi connectivity index (χ3n) is 5.92. The van der Waals surface area contributed by atoms with Gasteiger partial charge in [-0.15, -0.1) is 11.3 Å². The molecule has 0 spiro atoms. The molecular weight excluding hydrogens is 386 g/mol. The highest BCUT2D eigenvalue weighted by atomic mass is 32.1. The molecule has 3 aromatic rings. The van der Waals surface area contributed by atoms with Crippen LogP contribution in [-0.2, 0) is 11.3 Å². The molecule has 29 heavy (non-hydrogen) atoms. The maximum atomic E-state index is 12.8. The second-order valence-electron chi connectivity index (χ2n) is 7.84. The van der Waals surface area contributed by atoms with E-state index in [9.17, 15) is 9.59 Å². The number of carbonyl (C=O) groups is 1. The zero-order valence-electron chi connectivity index (χ0n) is 17.2. The van der Waals surface area contributed by atoms with Gasteiger partial charge in [-0.1, -0.05) is 13.3 Å². The maximum Gasteiger partial charge on any atom is 0.291 e. The van der Waals surface area contributed by atoms with Crippen LogP contribution in [0.4, 0.5) is 0 Å². The lowest BCUT2D eigenvalue weighted by molar-refractivity contribution is -0.121. The molecule has 0 aromatic carbocycles. The Hall–Kier alpha value is -2.19. The van der Waals surface area contributed by atoms with E-state index in [0.29, 0.717) is 23.9 Å². The van der Waals surface area contributed by atoms with Crippen LogP contribution in [0.25, 0.3) is 15.7 Å². The number of thiophene rings is 1. The summed E-state index contributed by atoms with van der Waals surface area (Å²) < 4.78 is 4.20. The average molecular weight is 416 g/mol. The van der Waals surface area contributed by atoms with Gasteiger partial charge in [0.15, 0.2) is 0 Å². The van der Waals surface area contributed by atoms with E-state index in [1.54, 1.807) is 11.3 Å². The molecule has 1 unspecified atom stereocenters. The average Bonchev–Trinajstić information content (AvgIpc) is 3.31. The molecule has 1 fully saturated rings. The largest absolute Gasteiger partial charge is 0.354 e. The van der Waals surface area contributed by atoms with Crippen molar-refractivity contribution in [1.29, 1.82) is 0 Å². The standard InChI is InChI=1S/C21H29N5O2S/c1-3-16-7-4-5-10-24(16)11-6-9-22-20(27)14-25-21(28)18-13-19-17(8-12-29-19)26(18)15(2)23-25/h8,12-13,16H,3-7,9-11,14H2,1-2H3,(H,22,27). The number of aromatic nitrogens is 3. The van der Waals surface area contributed by atoms with E-state index in [1.807, 2.05) is 28.8 Å². The third kappa shape index (κ3) is 4.09. The van der Waals surface area contributed by atoms with Crippen LogP contribution < -0.4 is 10.9 Å². The predicted octanol–water partition coefficient (Wildman–Crippen LogP) is 2.79. The van der Waals surface area contributed by atoms with Gasteiger partial charge < -0.3 is 10.2 Å².